The van der Waals surface area contributed by atoms with Crippen LogP contribution in [0.5, 0.6) is 0 Å². The number of guanidine groups is 1. The average molecular weight is 307 g/mol. The second-order valence-electron chi connectivity index (χ2n) is 4.97. The highest BCUT2D eigenvalue weighted by Crippen LogP contribution is 1.99. The first-order chi connectivity index (χ1) is 10.9. The highest BCUT2D eigenvalue weighted by molar-refractivity contribution is 5.79. The summed E-state index contributed by atoms with van der Waals surface area (Å²) in [5.41, 5.74) is 1.32. The van der Waals surface area contributed by atoms with E-state index in [-0.39, 0.29) is 0 Å². The maximum absolute atomic E-state index is 5.65. The molecule has 0 amide bonds. The second-order valence-corrected chi connectivity index (χ2v) is 4.97. The molecule has 1 aromatic carbocycles. The molecule has 22 heavy (non-hydrogen) atoms. The van der Waals surface area contributed by atoms with E-state index in [0.29, 0.717) is 0 Å². The summed E-state index contributed by atoms with van der Waals surface area (Å²) in [5, 5.41) is 6.52. The molecule has 0 unspecified atom stereocenters. The molecule has 5 heteroatoms. The topological polar surface area (TPSA) is 54.9 Å². The van der Waals surface area contributed by atoms with Crippen molar-refractivity contribution in [2.75, 3.05) is 47.1 Å². The molecule has 0 radical (unpaired) electrons. The molecule has 1 rings (SSSR count). The summed E-state index contributed by atoms with van der Waals surface area (Å²) in [4.78, 5) is 4.17. The van der Waals surface area contributed by atoms with E-state index in [1.165, 1.54) is 5.56 Å². The van der Waals surface area contributed by atoms with Crippen molar-refractivity contribution < 1.29 is 9.47 Å². The molecule has 0 atom stereocenters. The van der Waals surface area contributed by atoms with Gasteiger partial charge in [0.05, 0.1) is 6.61 Å². The summed E-state index contributed by atoms with van der Waals surface area (Å²) in [6.45, 7) is 4.02. The fourth-order valence-corrected chi connectivity index (χ4v) is 1.96. The van der Waals surface area contributed by atoms with E-state index < -0.39 is 0 Å². The molecule has 5 nitrogen and oxygen atoms in total. The predicted molar refractivity (Wildman–Crippen MR) is 91.4 cm³/mol. The molecule has 0 spiro atoms. The number of benzene rings is 1. The number of ether oxygens (including phenoxy) is 2. The fourth-order valence-electron chi connectivity index (χ4n) is 1.96. The van der Waals surface area contributed by atoms with Gasteiger partial charge >= 0.3 is 0 Å². The van der Waals surface area contributed by atoms with Gasteiger partial charge in [0.2, 0.25) is 0 Å². The van der Waals surface area contributed by atoms with Gasteiger partial charge in [0.25, 0.3) is 0 Å². The minimum absolute atomic E-state index is 0.763. The lowest BCUT2D eigenvalue weighted by atomic mass is 10.2. The Hall–Kier alpha value is -1.59. The first-order valence-corrected chi connectivity index (χ1v) is 7.92. The molecule has 0 saturated carbocycles. The first-order valence-electron chi connectivity index (χ1n) is 7.92. The van der Waals surface area contributed by atoms with Crippen LogP contribution in [0.2, 0.25) is 0 Å². The summed E-state index contributed by atoms with van der Waals surface area (Å²) in [6, 6.07) is 10.4. The van der Waals surface area contributed by atoms with Crippen LogP contribution in [-0.2, 0) is 15.9 Å². The van der Waals surface area contributed by atoms with Gasteiger partial charge in [0, 0.05) is 40.5 Å². The number of nitrogens with zero attached hydrogens (tertiary/aromatic N) is 1. The van der Waals surface area contributed by atoms with Crippen LogP contribution in [0.25, 0.3) is 0 Å². The zero-order valence-corrected chi connectivity index (χ0v) is 13.8. The van der Waals surface area contributed by atoms with Gasteiger partial charge in [-0.25, -0.2) is 0 Å². The Morgan fingerprint density at radius 3 is 2.32 bits per heavy atom. The Balaban J connectivity index is 1.95. The third-order valence-corrected chi connectivity index (χ3v) is 3.18. The van der Waals surface area contributed by atoms with Gasteiger partial charge in [-0.2, -0.15) is 0 Å². The largest absolute Gasteiger partial charge is 0.385 e. The van der Waals surface area contributed by atoms with Crippen molar-refractivity contribution in [3.8, 4) is 0 Å². The number of hydrogen-bond donors (Lipinski definition) is 2. The molecule has 0 fully saturated rings. The summed E-state index contributed by atoms with van der Waals surface area (Å²) < 4.78 is 10.7. The van der Waals surface area contributed by atoms with Crippen molar-refractivity contribution in [3.05, 3.63) is 35.9 Å². The van der Waals surface area contributed by atoms with Crippen LogP contribution >= 0.6 is 0 Å². The monoisotopic (exact) mass is 307 g/mol. The summed E-state index contributed by atoms with van der Waals surface area (Å²) in [6.07, 6.45) is 2.91. The molecule has 0 saturated heterocycles. The van der Waals surface area contributed by atoms with Gasteiger partial charge in [-0.1, -0.05) is 30.3 Å². The van der Waals surface area contributed by atoms with E-state index in [0.717, 1.165) is 58.1 Å². The summed E-state index contributed by atoms with van der Waals surface area (Å²) in [7, 11) is 3.49. The van der Waals surface area contributed by atoms with Gasteiger partial charge < -0.3 is 20.1 Å². The van der Waals surface area contributed by atoms with Crippen LogP contribution in [0.3, 0.4) is 0 Å². The molecule has 0 bridgehead atoms. The Morgan fingerprint density at radius 1 is 1.00 bits per heavy atom. The molecular formula is C17H29N3O2. The van der Waals surface area contributed by atoms with E-state index in [4.69, 9.17) is 9.47 Å². The molecule has 2 N–H and O–H groups in total. The SMILES string of the molecule is CN=C(NCCCOC)NCCCOCCc1ccccc1. The van der Waals surface area contributed by atoms with Crippen molar-refractivity contribution in [2.45, 2.75) is 19.3 Å². The van der Waals surface area contributed by atoms with Gasteiger partial charge in [0.1, 0.15) is 0 Å². The fraction of sp³-hybridized carbons (Fsp3) is 0.588. The molecule has 0 aliphatic carbocycles. The maximum atomic E-state index is 5.65. The van der Waals surface area contributed by atoms with Crippen LogP contribution in [0, 0.1) is 0 Å². The minimum Gasteiger partial charge on any atom is -0.385 e. The van der Waals surface area contributed by atoms with E-state index >= 15 is 0 Å². The standard InChI is InChI=1S/C17H29N3O2/c1-18-17(19-11-6-13-21-2)20-12-7-14-22-15-10-16-8-4-3-5-9-16/h3-5,8-9H,6-7,10-15H2,1-2H3,(H2,18,19,20). The first kappa shape index (κ1) is 18.5. The molecule has 0 aliphatic rings. The highest BCUT2D eigenvalue weighted by atomic mass is 16.5. The zero-order valence-electron chi connectivity index (χ0n) is 13.8. The minimum atomic E-state index is 0.763. The van der Waals surface area contributed by atoms with Gasteiger partial charge in [0.15, 0.2) is 5.96 Å². The molecule has 0 aromatic heterocycles. The Bertz CT molecular complexity index is 396. The lowest BCUT2D eigenvalue weighted by Gasteiger charge is -2.11. The van der Waals surface area contributed by atoms with Crippen molar-refractivity contribution in [1.82, 2.24) is 10.6 Å². The molecular weight excluding hydrogens is 278 g/mol. The average Bonchev–Trinajstić information content (AvgIpc) is 2.56. The van der Waals surface area contributed by atoms with Crippen molar-refractivity contribution in [1.29, 1.82) is 0 Å². The number of aliphatic imine (C=N–C) groups is 1. The molecule has 124 valence electrons. The van der Waals surface area contributed by atoms with Gasteiger partial charge in [-0.05, 0) is 24.8 Å². The van der Waals surface area contributed by atoms with Crippen molar-refractivity contribution >= 4 is 5.96 Å². The number of rotatable bonds is 11. The number of nitrogens with one attached hydrogen (secondary N) is 2. The van der Waals surface area contributed by atoms with Crippen LogP contribution in [0.15, 0.2) is 35.3 Å². The molecule has 1 aromatic rings. The van der Waals surface area contributed by atoms with Crippen molar-refractivity contribution in [3.63, 3.8) is 0 Å². The molecule has 0 heterocycles. The van der Waals surface area contributed by atoms with Crippen molar-refractivity contribution in [2.24, 2.45) is 4.99 Å². The molecule has 0 aliphatic heterocycles. The maximum Gasteiger partial charge on any atom is 0.190 e. The van der Waals surface area contributed by atoms with E-state index in [2.05, 4.69) is 39.9 Å². The lowest BCUT2D eigenvalue weighted by molar-refractivity contribution is 0.135. The number of hydrogen-bond acceptors (Lipinski definition) is 3. The normalized spacial score (nSPS) is 11.5. The summed E-state index contributed by atoms with van der Waals surface area (Å²) >= 11 is 0. The van der Waals surface area contributed by atoms with Gasteiger partial charge in [-0.3, -0.25) is 4.99 Å². The van der Waals surface area contributed by atoms with E-state index in [1.807, 2.05) is 6.07 Å². The van der Waals surface area contributed by atoms with E-state index in [9.17, 15) is 0 Å². The second kappa shape index (κ2) is 13.1. The van der Waals surface area contributed by atoms with Crippen LogP contribution in [0.1, 0.15) is 18.4 Å². The summed E-state index contributed by atoms with van der Waals surface area (Å²) in [5.74, 6) is 0.834. The van der Waals surface area contributed by atoms with Crippen LogP contribution < -0.4 is 10.6 Å². The lowest BCUT2D eigenvalue weighted by Crippen LogP contribution is -2.38. The Labute approximate surface area is 134 Å². The smallest absolute Gasteiger partial charge is 0.190 e. The third kappa shape index (κ3) is 9.37. The third-order valence-electron chi connectivity index (χ3n) is 3.18. The van der Waals surface area contributed by atoms with Crippen LogP contribution in [-0.4, -0.2) is 53.0 Å². The highest BCUT2D eigenvalue weighted by Gasteiger charge is 1.97. The quantitative estimate of drug-likeness (QED) is 0.372. The Kier molecular flexibility index (Phi) is 11.0. The van der Waals surface area contributed by atoms with E-state index in [1.54, 1.807) is 14.2 Å². The Morgan fingerprint density at radius 2 is 1.68 bits per heavy atom. The zero-order chi connectivity index (χ0) is 15.9. The predicted octanol–water partition coefficient (Wildman–Crippen LogP) is 1.84. The van der Waals surface area contributed by atoms with Gasteiger partial charge in [-0.15, -0.1) is 0 Å². The number of methoxy groups -OCH3 is 1. The van der Waals surface area contributed by atoms with Crippen LogP contribution in [0.4, 0.5) is 0 Å².